The van der Waals surface area contributed by atoms with Crippen molar-refractivity contribution in [3.05, 3.63) is 40.8 Å². The summed E-state index contributed by atoms with van der Waals surface area (Å²) in [4.78, 5) is 13.7. The van der Waals surface area contributed by atoms with E-state index in [9.17, 15) is 0 Å². The van der Waals surface area contributed by atoms with E-state index in [1.807, 2.05) is 39.0 Å². The van der Waals surface area contributed by atoms with Gasteiger partial charge in [-0.2, -0.15) is 0 Å². The number of nitrogens with zero attached hydrogens (tertiary/aromatic N) is 3. The fraction of sp³-hybridized carbons (Fsp3) is 0.438. The van der Waals surface area contributed by atoms with E-state index in [0.717, 1.165) is 42.3 Å². The van der Waals surface area contributed by atoms with E-state index < -0.39 is 0 Å². The van der Waals surface area contributed by atoms with Crippen LogP contribution in [0.4, 0.5) is 0 Å². The van der Waals surface area contributed by atoms with Crippen LogP contribution in [0.15, 0.2) is 18.2 Å². The maximum Gasteiger partial charge on any atom is 0.178 e. The van der Waals surface area contributed by atoms with Crippen LogP contribution in [0, 0.1) is 20.8 Å². The number of hydrogen-bond donors (Lipinski definition) is 1. The van der Waals surface area contributed by atoms with E-state index in [1.165, 1.54) is 5.56 Å². The summed E-state index contributed by atoms with van der Waals surface area (Å²) in [5.74, 6) is 0.711. The predicted octanol–water partition coefficient (Wildman–Crippen LogP) is 2.96. The molecule has 106 valence electrons. The van der Waals surface area contributed by atoms with Crippen LogP contribution in [0.3, 0.4) is 0 Å². The van der Waals surface area contributed by atoms with Gasteiger partial charge in [0.1, 0.15) is 5.69 Å². The number of aromatic nitrogens is 3. The standard InChI is InChI=1S/C16H22N4/c1-5-9-17-10-14-12(3)19-16(20-13(14)4)15-8-6-7-11(2)18-15/h6-8,17H,5,9-10H2,1-4H3. The molecule has 0 aromatic carbocycles. The van der Waals surface area contributed by atoms with Crippen molar-refractivity contribution in [3.63, 3.8) is 0 Å². The highest BCUT2D eigenvalue weighted by Crippen LogP contribution is 2.17. The van der Waals surface area contributed by atoms with Crippen molar-refractivity contribution in [1.29, 1.82) is 0 Å². The molecule has 2 heterocycles. The normalized spacial score (nSPS) is 10.8. The van der Waals surface area contributed by atoms with Gasteiger partial charge in [-0.25, -0.2) is 15.0 Å². The van der Waals surface area contributed by atoms with Gasteiger partial charge in [0, 0.05) is 29.2 Å². The Morgan fingerprint density at radius 3 is 2.30 bits per heavy atom. The summed E-state index contributed by atoms with van der Waals surface area (Å²) in [6.07, 6.45) is 1.13. The third kappa shape index (κ3) is 3.39. The highest BCUT2D eigenvalue weighted by molar-refractivity contribution is 5.50. The molecule has 20 heavy (non-hydrogen) atoms. The summed E-state index contributed by atoms with van der Waals surface area (Å²) in [7, 11) is 0. The topological polar surface area (TPSA) is 50.7 Å². The molecule has 0 bridgehead atoms. The Hall–Kier alpha value is -1.81. The van der Waals surface area contributed by atoms with E-state index in [1.54, 1.807) is 0 Å². The van der Waals surface area contributed by atoms with Crippen LogP contribution in [0.1, 0.15) is 36.0 Å². The Bertz CT molecular complexity index is 570. The van der Waals surface area contributed by atoms with Gasteiger partial charge in [0.25, 0.3) is 0 Å². The Morgan fingerprint density at radius 1 is 1.00 bits per heavy atom. The average molecular weight is 270 g/mol. The first-order valence-corrected chi connectivity index (χ1v) is 7.10. The number of pyridine rings is 1. The number of nitrogens with one attached hydrogen (secondary N) is 1. The minimum Gasteiger partial charge on any atom is -0.313 e. The molecule has 2 rings (SSSR count). The van der Waals surface area contributed by atoms with Gasteiger partial charge in [-0.15, -0.1) is 0 Å². The van der Waals surface area contributed by atoms with Gasteiger partial charge in [0.05, 0.1) is 0 Å². The molecule has 4 nitrogen and oxygen atoms in total. The lowest BCUT2D eigenvalue weighted by Gasteiger charge is -2.11. The van der Waals surface area contributed by atoms with Gasteiger partial charge in [0.15, 0.2) is 5.82 Å². The molecule has 0 fully saturated rings. The summed E-state index contributed by atoms with van der Waals surface area (Å²) in [5, 5.41) is 3.41. The van der Waals surface area contributed by atoms with Gasteiger partial charge < -0.3 is 5.32 Å². The van der Waals surface area contributed by atoms with E-state index >= 15 is 0 Å². The largest absolute Gasteiger partial charge is 0.313 e. The van der Waals surface area contributed by atoms with Gasteiger partial charge >= 0.3 is 0 Å². The molecule has 2 aromatic rings. The molecule has 1 N–H and O–H groups in total. The van der Waals surface area contributed by atoms with Gasteiger partial charge in [-0.3, -0.25) is 0 Å². The monoisotopic (exact) mass is 270 g/mol. The van der Waals surface area contributed by atoms with Crippen molar-refractivity contribution in [1.82, 2.24) is 20.3 Å². The van der Waals surface area contributed by atoms with Crippen molar-refractivity contribution in [2.45, 2.75) is 40.7 Å². The SMILES string of the molecule is CCCNCc1c(C)nc(-c2cccc(C)n2)nc1C. The highest BCUT2D eigenvalue weighted by Gasteiger charge is 2.10. The Labute approximate surface area is 120 Å². The van der Waals surface area contributed by atoms with Crippen molar-refractivity contribution >= 4 is 0 Å². The minimum absolute atomic E-state index is 0.711. The van der Waals surface area contributed by atoms with Crippen LogP contribution in [-0.2, 0) is 6.54 Å². The fourth-order valence-corrected chi connectivity index (χ4v) is 2.17. The summed E-state index contributed by atoms with van der Waals surface area (Å²) in [6.45, 7) is 10.1. The van der Waals surface area contributed by atoms with Crippen molar-refractivity contribution in [3.8, 4) is 11.5 Å². The zero-order valence-electron chi connectivity index (χ0n) is 12.7. The molecule has 0 atom stereocenters. The molecule has 0 aliphatic heterocycles. The zero-order valence-corrected chi connectivity index (χ0v) is 12.7. The lowest BCUT2D eigenvalue weighted by molar-refractivity contribution is 0.665. The second kappa shape index (κ2) is 6.57. The van der Waals surface area contributed by atoms with Crippen LogP contribution in [0.25, 0.3) is 11.5 Å². The molecular weight excluding hydrogens is 248 g/mol. The van der Waals surface area contributed by atoms with Crippen LogP contribution in [0.2, 0.25) is 0 Å². The summed E-state index contributed by atoms with van der Waals surface area (Å²) >= 11 is 0. The lowest BCUT2D eigenvalue weighted by atomic mass is 10.1. The molecule has 0 amide bonds. The Balaban J connectivity index is 2.30. The molecule has 4 heteroatoms. The van der Waals surface area contributed by atoms with E-state index in [4.69, 9.17) is 0 Å². The van der Waals surface area contributed by atoms with E-state index in [-0.39, 0.29) is 0 Å². The molecule has 0 spiro atoms. The maximum absolute atomic E-state index is 4.61. The molecular formula is C16H22N4. The highest BCUT2D eigenvalue weighted by atomic mass is 14.9. The minimum atomic E-state index is 0.711. The van der Waals surface area contributed by atoms with E-state index in [2.05, 4.69) is 27.2 Å². The smallest absolute Gasteiger partial charge is 0.178 e. The number of rotatable bonds is 5. The fourth-order valence-electron chi connectivity index (χ4n) is 2.17. The first-order chi connectivity index (χ1) is 9.61. The average Bonchev–Trinajstić information content (AvgIpc) is 2.41. The lowest BCUT2D eigenvalue weighted by Crippen LogP contribution is -2.17. The van der Waals surface area contributed by atoms with Gasteiger partial charge in [-0.1, -0.05) is 13.0 Å². The van der Waals surface area contributed by atoms with Crippen LogP contribution < -0.4 is 5.32 Å². The van der Waals surface area contributed by atoms with E-state index in [0.29, 0.717) is 5.82 Å². The molecule has 0 aliphatic rings. The Morgan fingerprint density at radius 2 is 1.70 bits per heavy atom. The molecule has 0 saturated heterocycles. The van der Waals surface area contributed by atoms with Crippen molar-refractivity contribution in [2.24, 2.45) is 0 Å². The maximum atomic E-state index is 4.61. The molecule has 0 radical (unpaired) electrons. The second-order valence-corrected chi connectivity index (χ2v) is 5.04. The van der Waals surface area contributed by atoms with Crippen LogP contribution >= 0.6 is 0 Å². The van der Waals surface area contributed by atoms with Crippen molar-refractivity contribution < 1.29 is 0 Å². The molecule has 0 aliphatic carbocycles. The number of hydrogen-bond acceptors (Lipinski definition) is 4. The summed E-state index contributed by atoms with van der Waals surface area (Å²) in [5.41, 5.74) is 5.06. The molecule has 0 saturated carbocycles. The summed E-state index contributed by atoms with van der Waals surface area (Å²) in [6, 6.07) is 5.92. The summed E-state index contributed by atoms with van der Waals surface area (Å²) < 4.78 is 0. The van der Waals surface area contributed by atoms with Crippen molar-refractivity contribution in [2.75, 3.05) is 6.54 Å². The van der Waals surface area contributed by atoms with Crippen LogP contribution in [0.5, 0.6) is 0 Å². The number of aryl methyl sites for hydroxylation is 3. The van der Waals surface area contributed by atoms with Crippen LogP contribution in [-0.4, -0.2) is 21.5 Å². The molecule has 0 unspecified atom stereocenters. The second-order valence-electron chi connectivity index (χ2n) is 5.04. The zero-order chi connectivity index (χ0) is 14.5. The molecule has 2 aromatic heterocycles. The predicted molar refractivity (Wildman–Crippen MR) is 81.5 cm³/mol. The third-order valence-electron chi connectivity index (χ3n) is 3.27. The first-order valence-electron chi connectivity index (χ1n) is 7.10. The third-order valence-corrected chi connectivity index (χ3v) is 3.27. The van der Waals surface area contributed by atoms with Gasteiger partial charge in [0.2, 0.25) is 0 Å². The Kier molecular flexibility index (Phi) is 4.79. The first kappa shape index (κ1) is 14.6. The van der Waals surface area contributed by atoms with Gasteiger partial charge in [-0.05, 0) is 45.9 Å². The quantitative estimate of drug-likeness (QED) is 0.849.